The van der Waals surface area contributed by atoms with E-state index in [2.05, 4.69) is 0 Å². The Labute approximate surface area is 105 Å². The molecule has 0 aliphatic heterocycles. The second-order valence-corrected chi connectivity index (χ2v) is 2.11. The van der Waals surface area contributed by atoms with Crippen molar-refractivity contribution < 1.29 is 0 Å². The zero-order valence-electron chi connectivity index (χ0n) is 11.2. The number of hydrogen-bond acceptors (Lipinski definition) is 6. The summed E-state index contributed by atoms with van der Waals surface area (Å²) in [6.07, 6.45) is 0. The highest BCUT2D eigenvalue weighted by molar-refractivity contribution is 4.51. The summed E-state index contributed by atoms with van der Waals surface area (Å²) in [5, 5.41) is 29.3. The van der Waals surface area contributed by atoms with Crippen LogP contribution in [0.25, 0.3) is 0 Å². The normalized spacial score (nSPS) is 6.29. The van der Waals surface area contributed by atoms with E-state index in [1.54, 1.807) is 24.3 Å². The lowest BCUT2D eigenvalue weighted by Gasteiger charge is -1.92. The van der Waals surface area contributed by atoms with Crippen LogP contribution in [0.5, 0.6) is 0 Å². The Morgan fingerprint density at radius 3 is 0.882 bits per heavy atom. The summed E-state index contributed by atoms with van der Waals surface area (Å²) in [6, 6.07) is 7.16. The fraction of sp³-hybridized carbons (Fsp3) is 0.636. The zero-order valence-corrected chi connectivity index (χ0v) is 11.2. The van der Waals surface area contributed by atoms with Crippen molar-refractivity contribution >= 4 is 0 Å². The molecule has 96 valence electrons. The molecule has 0 amide bonds. The highest BCUT2D eigenvalue weighted by atomic mass is 14.7. The van der Waals surface area contributed by atoms with Gasteiger partial charge < -0.3 is 11.5 Å². The molecule has 0 saturated heterocycles. The molecule has 0 rings (SSSR count). The van der Waals surface area contributed by atoms with E-state index in [-0.39, 0.29) is 6.04 Å². The number of nitrogens with zero attached hydrogens (tertiary/aromatic N) is 4. The largest absolute Gasteiger partial charge is 0.329 e. The van der Waals surface area contributed by atoms with Gasteiger partial charge in [0.05, 0.1) is 24.3 Å². The molecule has 17 heavy (non-hydrogen) atoms. The first-order chi connectivity index (χ1) is 7.93. The minimum atomic E-state index is 0.162. The molecule has 0 aliphatic rings. The Hall–Kier alpha value is -2.12. The average molecular weight is 238 g/mol. The molecule has 4 N–H and O–H groups in total. The average Bonchev–Trinajstić information content (AvgIpc) is 2.22. The zero-order chi connectivity index (χ0) is 15.1. The Morgan fingerprint density at radius 1 is 0.824 bits per heavy atom. The first-order valence-corrected chi connectivity index (χ1v) is 4.62. The summed E-state index contributed by atoms with van der Waals surface area (Å²) in [4.78, 5) is 0. The van der Waals surface area contributed by atoms with E-state index in [1.165, 1.54) is 27.7 Å². The van der Waals surface area contributed by atoms with E-state index in [0.29, 0.717) is 6.54 Å². The second-order valence-electron chi connectivity index (χ2n) is 2.11. The molecule has 0 aromatic rings. The third-order valence-electron chi connectivity index (χ3n) is 0.372. The molecule has 6 nitrogen and oxygen atoms in total. The maximum Gasteiger partial charge on any atom is 0.0587 e. The summed E-state index contributed by atoms with van der Waals surface area (Å²) in [5.74, 6) is 0. The van der Waals surface area contributed by atoms with Gasteiger partial charge in [-0.3, -0.25) is 0 Å². The predicted octanol–water partition coefficient (Wildman–Crippen LogP) is 1.41. The molecule has 6 heteroatoms. The van der Waals surface area contributed by atoms with E-state index < -0.39 is 0 Å². The molecule has 0 saturated carbocycles. The van der Waals surface area contributed by atoms with Crippen LogP contribution in [-0.2, 0) is 0 Å². The fourth-order valence-electron chi connectivity index (χ4n) is 0. The maximum atomic E-state index is 7.32. The third-order valence-corrected chi connectivity index (χ3v) is 0.372. The van der Waals surface area contributed by atoms with Crippen molar-refractivity contribution in [2.45, 2.75) is 40.7 Å². The van der Waals surface area contributed by atoms with E-state index in [0.717, 1.165) is 0 Å². The summed E-state index contributed by atoms with van der Waals surface area (Å²) in [6.45, 7) is 8.18. The smallest absolute Gasteiger partial charge is 0.0587 e. The topological polar surface area (TPSA) is 147 Å². The number of nitrogens with two attached hydrogens (primary N) is 2. The monoisotopic (exact) mass is 238 g/mol. The van der Waals surface area contributed by atoms with Crippen molar-refractivity contribution in [1.82, 2.24) is 0 Å². The third kappa shape index (κ3) is 136000. The van der Waals surface area contributed by atoms with Crippen molar-refractivity contribution in [2.24, 2.45) is 11.5 Å². The predicted molar refractivity (Wildman–Crippen MR) is 67.9 cm³/mol. The van der Waals surface area contributed by atoms with Crippen LogP contribution in [0.15, 0.2) is 0 Å². The lowest BCUT2D eigenvalue weighted by Crippen LogP contribution is -2.25. The fourth-order valence-corrected chi connectivity index (χ4v) is 0. The quantitative estimate of drug-likeness (QED) is 0.705. The molecule has 0 radical (unpaired) electrons. The van der Waals surface area contributed by atoms with Crippen LogP contribution in [0.1, 0.15) is 34.6 Å². The molecule has 0 aromatic carbocycles. The van der Waals surface area contributed by atoms with Gasteiger partial charge in [0.25, 0.3) is 0 Å². The Morgan fingerprint density at radius 2 is 0.882 bits per heavy atom. The van der Waals surface area contributed by atoms with Crippen LogP contribution < -0.4 is 11.5 Å². The van der Waals surface area contributed by atoms with Crippen LogP contribution in [0.3, 0.4) is 0 Å². The Kier molecular flexibility index (Phi) is 115. The van der Waals surface area contributed by atoms with Crippen molar-refractivity contribution in [1.29, 1.82) is 21.0 Å². The summed E-state index contributed by atoms with van der Waals surface area (Å²) < 4.78 is 0. The van der Waals surface area contributed by atoms with Crippen LogP contribution in [0.4, 0.5) is 0 Å². The van der Waals surface area contributed by atoms with Gasteiger partial charge in [-0.15, -0.1) is 0 Å². The van der Waals surface area contributed by atoms with Gasteiger partial charge in [-0.2, -0.15) is 21.0 Å². The first kappa shape index (κ1) is 29.4. The molecule has 0 heterocycles. The molecular formula is C11H22N6. The van der Waals surface area contributed by atoms with Crippen LogP contribution in [-0.4, -0.2) is 12.6 Å². The van der Waals surface area contributed by atoms with Gasteiger partial charge in [0, 0.05) is 40.3 Å². The van der Waals surface area contributed by atoms with Gasteiger partial charge in [0.15, 0.2) is 0 Å². The summed E-state index contributed by atoms with van der Waals surface area (Å²) >= 11 is 0. The van der Waals surface area contributed by atoms with Crippen molar-refractivity contribution in [3.8, 4) is 24.3 Å². The van der Waals surface area contributed by atoms with Gasteiger partial charge in [-0.1, -0.05) is 0 Å². The Bertz CT molecular complexity index is 197. The first-order valence-electron chi connectivity index (χ1n) is 4.62. The molecule has 0 spiro atoms. The lowest BCUT2D eigenvalue weighted by atomic mass is 10.4. The summed E-state index contributed by atoms with van der Waals surface area (Å²) in [7, 11) is 0. The molecule has 0 bridgehead atoms. The van der Waals surface area contributed by atoms with E-state index in [4.69, 9.17) is 32.5 Å². The van der Waals surface area contributed by atoms with Crippen LogP contribution in [0, 0.1) is 45.3 Å². The van der Waals surface area contributed by atoms with E-state index in [1.807, 2.05) is 6.92 Å². The van der Waals surface area contributed by atoms with Gasteiger partial charge in [-0.05, 0) is 6.92 Å². The highest BCUT2D eigenvalue weighted by Crippen LogP contribution is 1.59. The van der Waals surface area contributed by atoms with Gasteiger partial charge >= 0.3 is 0 Å². The van der Waals surface area contributed by atoms with E-state index in [9.17, 15) is 0 Å². The van der Waals surface area contributed by atoms with Crippen LogP contribution >= 0.6 is 0 Å². The molecular weight excluding hydrogens is 216 g/mol. The SMILES string of the molecule is CC#N.CC#N.CC#N.CC#N.CC(N)CN. The van der Waals surface area contributed by atoms with Crippen LogP contribution in [0.2, 0.25) is 0 Å². The second kappa shape index (κ2) is 66.6. The molecule has 0 aromatic heterocycles. The van der Waals surface area contributed by atoms with Crippen molar-refractivity contribution in [2.75, 3.05) is 6.54 Å². The maximum absolute atomic E-state index is 7.32. The standard InChI is InChI=1S/C3H10N2.4C2H3N/c1-3(5)2-4;4*1-2-3/h3H,2,4-5H2,1H3;4*1H3. The van der Waals surface area contributed by atoms with Crippen molar-refractivity contribution in [3.05, 3.63) is 0 Å². The molecule has 1 atom stereocenters. The number of nitriles is 4. The lowest BCUT2D eigenvalue weighted by molar-refractivity contribution is 0.752. The number of rotatable bonds is 1. The van der Waals surface area contributed by atoms with E-state index >= 15 is 0 Å². The van der Waals surface area contributed by atoms with Gasteiger partial charge in [0.1, 0.15) is 0 Å². The Balaban J connectivity index is -0.0000000362. The van der Waals surface area contributed by atoms with Crippen molar-refractivity contribution in [3.63, 3.8) is 0 Å². The summed E-state index contributed by atoms with van der Waals surface area (Å²) in [5.41, 5.74) is 10.2. The number of hydrogen-bond donors (Lipinski definition) is 2. The molecule has 0 fully saturated rings. The molecule has 0 aliphatic carbocycles. The van der Waals surface area contributed by atoms with Gasteiger partial charge in [0.2, 0.25) is 0 Å². The minimum Gasteiger partial charge on any atom is -0.329 e. The highest BCUT2D eigenvalue weighted by Gasteiger charge is 1.79. The minimum absolute atomic E-state index is 0.162. The van der Waals surface area contributed by atoms with Gasteiger partial charge in [-0.25, -0.2) is 0 Å². The molecule has 1 unspecified atom stereocenters.